The molecule has 1 atom stereocenters. The van der Waals surface area contributed by atoms with E-state index in [0.29, 0.717) is 23.4 Å². The molecule has 3 N–H and O–H groups in total. The van der Waals surface area contributed by atoms with Crippen LogP contribution >= 0.6 is 46.9 Å². The van der Waals surface area contributed by atoms with Crippen molar-refractivity contribution in [2.75, 3.05) is 13.6 Å². The van der Waals surface area contributed by atoms with Crippen LogP contribution in [0, 0.1) is 0 Å². The summed E-state index contributed by atoms with van der Waals surface area (Å²) in [7, 11) is 1.71. The van der Waals surface area contributed by atoms with E-state index in [2.05, 4.69) is 31.4 Å². The fraction of sp³-hybridized carbons (Fsp3) is 0.500. The number of fused-ring (bicyclic) bond motifs is 1. The average Bonchev–Trinajstić information content (AvgIpc) is 3.20. The van der Waals surface area contributed by atoms with Crippen molar-refractivity contribution in [3.63, 3.8) is 0 Å². The quantitative estimate of drug-likeness (QED) is 0.339. The molecule has 2 aromatic rings. The van der Waals surface area contributed by atoms with Crippen molar-refractivity contribution < 1.29 is 5.11 Å². The van der Waals surface area contributed by atoms with Crippen molar-refractivity contribution in [2.24, 2.45) is 4.99 Å². The van der Waals surface area contributed by atoms with Crippen molar-refractivity contribution >= 4 is 52.9 Å². The number of nitrogens with one attached hydrogen (secondary N) is 2. The molecule has 0 aromatic carbocycles. The maximum absolute atomic E-state index is 10.2. The van der Waals surface area contributed by atoms with E-state index >= 15 is 0 Å². The van der Waals surface area contributed by atoms with E-state index in [0.717, 1.165) is 23.5 Å². The first-order valence-electron chi connectivity index (χ1n) is 8.08. The van der Waals surface area contributed by atoms with Gasteiger partial charge in [0, 0.05) is 37.6 Å². The van der Waals surface area contributed by atoms with Crippen LogP contribution in [0.2, 0.25) is 4.34 Å². The van der Waals surface area contributed by atoms with Crippen molar-refractivity contribution in [1.82, 2.24) is 20.2 Å². The third-order valence-corrected chi connectivity index (χ3v) is 5.34. The number of thiophene rings is 1. The second kappa shape index (κ2) is 9.75. The summed E-state index contributed by atoms with van der Waals surface area (Å²) in [6, 6.07) is 3.63. The Morgan fingerprint density at radius 2 is 2.28 bits per heavy atom. The van der Waals surface area contributed by atoms with Crippen LogP contribution in [0.25, 0.3) is 0 Å². The lowest BCUT2D eigenvalue weighted by molar-refractivity contribution is 0.184. The van der Waals surface area contributed by atoms with E-state index in [-0.39, 0.29) is 24.0 Å². The predicted molar refractivity (Wildman–Crippen MR) is 113 cm³/mol. The number of aliphatic hydroxyl groups excluding tert-OH is 1. The minimum atomic E-state index is -0.610. The van der Waals surface area contributed by atoms with Crippen LogP contribution in [0.3, 0.4) is 0 Å². The summed E-state index contributed by atoms with van der Waals surface area (Å²) in [6.07, 6.45) is 5.00. The number of rotatable bonds is 5. The van der Waals surface area contributed by atoms with Crippen LogP contribution in [0.4, 0.5) is 0 Å². The number of halogens is 2. The molecule has 0 radical (unpaired) electrons. The first-order valence-corrected chi connectivity index (χ1v) is 9.28. The second-order valence-electron chi connectivity index (χ2n) is 5.76. The third kappa shape index (κ3) is 5.57. The van der Waals surface area contributed by atoms with Gasteiger partial charge >= 0.3 is 0 Å². The fourth-order valence-electron chi connectivity index (χ4n) is 2.75. The van der Waals surface area contributed by atoms with Gasteiger partial charge in [0.1, 0.15) is 11.9 Å². The molecule has 3 heterocycles. The summed E-state index contributed by atoms with van der Waals surface area (Å²) < 4.78 is 2.91. The van der Waals surface area contributed by atoms with E-state index in [1.54, 1.807) is 13.1 Å². The third-order valence-electron chi connectivity index (χ3n) is 4.00. The zero-order chi connectivity index (χ0) is 16.9. The lowest BCUT2D eigenvalue weighted by Crippen LogP contribution is -2.39. The lowest BCUT2D eigenvalue weighted by Gasteiger charge is -2.14. The Labute approximate surface area is 173 Å². The molecule has 0 spiro atoms. The van der Waals surface area contributed by atoms with E-state index < -0.39 is 6.10 Å². The lowest BCUT2D eigenvalue weighted by atomic mass is 10.2. The molecule has 0 saturated carbocycles. The molecule has 3 rings (SSSR count). The monoisotopic (exact) mass is 495 g/mol. The van der Waals surface area contributed by atoms with E-state index in [9.17, 15) is 5.11 Å². The number of aliphatic imine (C=N–C) groups is 1. The maximum atomic E-state index is 10.2. The topological polar surface area (TPSA) is 74.5 Å². The summed E-state index contributed by atoms with van der Waals surface area (Å²) >= 11 is 7.28. The Bertz CT molecular complexity index is 694. The Kier molecular flexibility index (Phi) is 7.98. The van der Waals surface area contributed by atoms with Gasteiger partial charge < -0.3 is 20.3 Å². The molecule has 6 nitrogen and oxygen atoms in total. The highest BCUT2D eigenvalue weighted by atomic mass is 127. The highest BCUT2D eigenvalue weighted by molar-refractivity contribution is 14.0. The molecule has 1 aliphatic heterocycles. The zero-order valence-corrected chi connectivity index (χ0v) is 17.9. The van der Waals surface area contributed by atoms with Crippen molar-refractivity contribution in [2.45, 2.75) is 38.5 Å². The number of aliphatic hydroxyl groups is 1. The smallest absolute Gasteiger partial charge is 0.191 e. The first-order chi connectivity index (χ1) is 11.7. The van der Waals surface area contributed by atoms with E-state index in [1.165, 1.54) is 30.0 Å². The fourth-order valence-corrected chi connectivity index (χ4v) is 3.80. The number of guanidine groups is 1. The SMILES string of the molecule is CN=C(NCc1cn2c(n1)CCCC2)NCC(O)c1ccc(Cl)s1.I. The Hall–Kier alpha value is -0.840. The molecule has 0 saturated heterocycles. The van der Waals surface area contributed by atoms with Gasteiger partial charge in [0.2, 0.25) is 0 Å². The highest BCUT2D eigenvalue weighted by Crippen LogP contribution is 2.26. The molecule has 0 aliphatic carbocycles. The number of imidazole rings is 1. The molecule has 9 heteroatoms. The molecule has 0 amide bonds. The number of hydrogen-bond acceptors (Lipinski definition) is 4. The molecule has 1 aliphatic rings. The van der Waals surface area contributed by atoms with Gasteiger partial charge in [0.05, 0.1) is 16.6 Å². The Morgan fingerprint density at radius 3 is 2.96 bits per heavy atom. The first kappa shape index (κ1) is 20.5. The standard InChI is InChI=1S/C16H22ClN5OS.HI/c1-18-16(20-9-12(23)13-5-6-14(17)24-13)19-8-11-10-22-7-3-2-4-15(22)21-11;/h5-6,10,12,23H,2-4,7-9H2,1H3,(H2,18,19,20);1H. The van der Waals surface area contributed by atoms with Crippen LogP contribution in [0.1, 0.15) is 35.3 Å². The Morgan fingerprint density at radius 1 is 1.44 bits per heavy atom. The van der Waals surface area contributed by atoms with Gasteiger partial charge in [-0.15, -0.1) is 35.3 Å². The largest absolute Gasteiger partial charge is 0.386 e. The van der Waals surface area contributed by atoms with Gasteiger partial charge in [-0.05, 0) is 25.0 Å². The molecule has 25 heavy (non-hydrogen) atoms. The van der Waals surface area contributed by atoms with Crippen LogP contribution in [-0.4, -0.2) is 34.2 Å². The maximum Gasteiger partial charge on any atom is 0.191 e. The molecule has 1 unspecified atom stereocenters. The van der Waals surface area contributed by atoms with E-state index in [4.69, 9.17) is 11.6 Å². The van der Waals surface area contributed by atoms with Crippen molar-refractivity contribution in [3.05, 3.63) is 39.1 Å². The predicted octanol–water partition coefficient (Wildman–Crippen LogP) is 2.95. The second-order valence-corrected chi connectivity index (χ2v) is 7.51. The van der Waals surface area contributed by atoms with Gasteiger partial charge in [-0.25, -0.2) is 4.98 Å². The van der Waals surface area contributed by atoms with Gasteiger partial charge in [0.25, 0.3) is 0 Å². The van der Waals surface area contributed by atoms with Crippen LogP contribution in [0.5, 0.6) is 0 Å². The molecule has 0 fully saturated rings. The Balaban J connectivity index is 0.00000225. The minimum Gasteiger partial charge on any atom is -0.386 e. The van der Waals surface area contributed by atoms with Gasteiger partial charge in [-0.1, -0.05) is 11.6 Å². The van der Waals surface area contributed by atoms with Gasteiger partial charge in [-0.3, -0.25) is 4.99 Å². The number of hydrogen-bond donors (Lipinski definition) is 3. The van der Waals surface area contributed by atoms with Gasteiger partial charge in [-0.2, -0.15) is 0 Å². The molecule has 138 valence electrons. The summed E-state index contributed by atoms with van der Waals surface area (Å²) in [5.74, 6) is 1.81. The van der Waals surface area contributed by atoms with Crippen LogP contribution < -0.4 is 10.6 Å². The zero-order valence-electron chi connectivity index (χ0n) is 14.0. The van der Waals surface area contributed by atoms with Gasteiger partial charge in [0.15, 0.2) is 5.96 Å². The van der Waals surface area contributed by atoms with E-state index in [1.807, 2.05) is 6.07 Å². The van der Waals surface area contributed by atoms with Crippen LogP contribution in [0.15, 0.2) is 23.3 Å². The summed E-state index contributed by atoms with van der Waals surface area (Å²) in [5, 5.41) is 16.5. The molecule has 0 bridgehead atoms. The summed E-state index contributed by atoms with van der Waals surface area (Å²) in [5.41, 5.74) is 1.01. The summed E-state index contributed by atoms with van der Waals surface area (Å²) in [4.78, 5) is 9.68. The number of aryl methyl sites for hydroxylation is 2. The summed E-state index contributed by atoms with van der Waals surface area (Å²) in [6.45, 7) is 2.04. The molecule has 2 aromatic heterocycles. The average molecular weight is 496 g/mol. The number of aromatic nitrogens is 2. The minimum absolute atomic E-state index is 0. The van der Waals surface area contributed by atoms with Crippen molar-refractivity contribution in [1.29, 1.82) is 0 Å². The van der Waals surface area contributed by atoms with Crippen molar-refractivity contribution in [3.8, 4) is 0 Å². The highest BCUT2D eigenvalue weighted by Gasteiger charge is 2.13. The van der Waals surface area contributed by atoms with Crippen LogP contribution in [-0.2, 0) is 19.5 Å². The molecular weight excluding hydrogens is 473 g/mol. The molecular formula is C16H23ClIN5OS. The number of nitrogens with zero attached hydrogens (tertiary/aromatic N) is 3. The normalized spacial score (nSPS) is 15.2.